The van der Waals surface area contributed by atoms with Gasteiger partial charge in [0.05, 0.1) is 0 Å². The van der Waals surface area contributed by atoms with Crippen molar-refractivity contribution < 1.29 is 0 Å². The van der Waals surface area contributed by atoms with Gasteiger partial charge in [0.15, 0.2) is 0 Å². The van der Waals surface area contributed by atoms with Crippen molar-refractivity contribution >= 4 is 0 Å². The molecular weight excluding hydrogens is 218 g/mol. The second kappa shape index (κ2) is 6.38. The van der Waals surface area contributed by atoms with Gasteiger partial charge >= 0.3 is 0 Å². The number of aryl methyl sites for hydroxylation is 2. The van der Waals surface area contributed by atoms with E-state index in [1.54, 1.807) is 0 Å². The highest BCUT2D eigenvalue weighted by atomic mass is 14.9. The number of benzene rings is 1. The van der Waals surface area contributed by atoms with Crippen molar-refractivity contribution in [2.24, 2.45) is 5.92 Å². The summed E-state index contributed by atoms with van der Waals surface area (Å²) in [7, 11) is 0. The largest absolute Gasteiger partial charge is 0.310 e. The summed E-state index contributed by atoms with van der Waals surface area (Å²) in [4.78, 5) is 0. The molecule has 0 spiro atoms. The molecule has 0 aliphatic heterocycles. The van der Waals surface area contributed by atoms with Gasteiger partial charge in [-0.1, -0.05) is 45.4 Å². The molecule has 18 heavy (non-hydrogen) atoms. The van der Waals surface area contributed by atoms with Gasteiger partial charge in [-0.25, -0.2) is 0 Å². The molecular formula is C17H27N. The van der Waals surface area contributed by atoms with E-state index >= 15 is 0 Å². The van der Waals surface area contributed by atoms with Gasteiger partial charge in [-0.15, -0.1) is 0 Å². The van der Waals surface area contributed by atoms with Crippen LogP contribution in [-0.4, -0.2) is 6.54 Å². The Labute approximate surface area is 112 Å². The maximum atomic E-state index is 3.69. The zero-order valence-electron chi connectivity index (χ0n) is 12.1. The van der Waals surface area contributed by atoms with E-state index < -0.39 is 0 Å². The molecule has 1 aromatic rings. The Balaban J connectivity index is 2.23. The lowest BCUT2D eigenvalue weighted by Crippen LogP contribution is -2.32. The second-order valence-electron chi connectivity index (χ2n) is 5.46. The lowest BCUT2D eigenvalue weighted by Gasteiger charge is -2.35. The predicted octanol–water partition coefficient (Wildman–Crippen LogP) is 4.26. The monoisotopic (exact) mass is 245 g/mol. The summed E-state index contributed by atoms with van der Waals surface area (Å²) in [5.41, 5.74) is 4.57. The first-order valence-corrected chi connectivity index (χ1v) is 7.65. The molecule has 0 amide bonds. The third-order valence-corrected chi connectivity index (χ3v) is 4.40. The first-order valence-electron chi connectivity index (χ1n) is 7.65. The van der Waals surface area contributed by atoms with Crippen molar-refractivity contribution in [1.82, 2.24) is 5.32 Å². The van der Waals surface area contributed by atoms with Gasteiger partial charge in [0.25, 0.3) is 0 Å². The molecule has 1 aliphatic carbocycles. The van der Waals surface area contributed by atoms with Gasteiger partial charge in [0.2, 0.25) is 0 Å². The highest BCUT2D eigenvalue weighted by Gasteiger charge is 2.27. The Morgan fingerprint density at radius 2 is 1.83 bits per heavy atom. The molecule has 1 fully saturated rings. The van der Waals surface area contributed by atoms with E-state index in [0.717, 1.165) is 25.3 Å². The summed E-state index contributed by atoms with van der Waals surface area (Å²) in [5, 5.41) is 3.69. The van der Waals surface area contributed by atoms with Crippen molar-refractivity contribution in [1.29, 1.82) is 0 Å². The molecule has 0 saturated heterocycles. The highest BCUT2D eigenvalue weighted by Crippen LogP contribution is 2.38. The minimum absolute atomic E-state index is 0.583. The first kappa shape index (κ1) is 13.6. The SMILES string of the molecule is CCNC(c1ccc(CC)c(CC)c1)C1CCC1. The van der Waals surface area contributed by atoms with Crippen LogP contribution in [0.5, 0.6) is 0 Å². The molecule has 100 valence electrons. The Morgan fingerprint density at radius 3 is 2.33 bits per heavy atom. The fourth-order valence-corrected chi connectivity index (χ4v) is 3.06. The van der Waals surface area contributed by atoms with E-state index in [-0.39, 0.29) is 0 Å². The smallest absolute Gasteiger partial charge is 0.0348 e. The third kappa shape index (κ3) is 2.77. The summed E-state index contributed by atoms with van der Waals surface area (Å²) in [6.45, 7) is 7.80. The van der Waals surface area contributed by atoms with Crippen molar-refractivity contribution in [2.45, 2.75) is 58.9 Å². The van der Waals surface area contributed by atoms with Gasteiger partial charge in [-0.2, -0.15) is 0 Å². The fourth-order valence-electron chi connectivity index (χ4n) is 3.06. The number of hydrogen-bond acceptors (Lipinski definition) is 1. The molecule has 1 heteroatoms. The minimum atomic E-state index is 0.583. The topological polar surface area (TPSA) is 12.0 Å². The summed E-state index contributed by atoms with van der Waals surface area (Å²) < 4.78 is 0. The molecule has 0 bridgehead atoms. The first-order chi connectivity index (χ1) is 8.80. The average Bonchev–Trinajstić information content (AvgIpc) is 2.35. The van der Waals surface area contributed by atoms with Crippen molar-refractivity contribution in [3.05, 3.63) is 34.9 Å². The van der Waals surface area contributed by atoms with Gasteiger partial charge in [0.1, 0.15) is 0 Å². The van der Waals surface area contributed by atoms with Crippen molar-refractivity contribution in [2.75, 3.05) is 6.54 Å². The van der Waals surface area contributed by atoms with Crippen LogP contribution in [-0.2, 0) is 12.8 Å². The summed E-state index contributed by atoms with van der Waals surface area (Å²) in [6, 6.07) is 7.73. The van der Waals surface area contributed by atoms with E-state index in [2.05, 4.69) is 44.3 Å². The standard InChI is InChI=1S/C17H27N/c1-4-13-10-11-16(12-14(13)5-2)17(18-6-3)15-8-7-9-15/h10-12,15,17-18H,4-9H2,1-3H3. The van der Waals surface area contributed by atoms with E-state index in [9.17, 15) is 0 Å². The molecule has 1 N–H and O–H groups in total. The Bertz CT molecular complexity index is 379. The summed E-state index contributed by atoms with van der Waals surface area (Å²) in [5.74, 6) is 0.863. The van der Waals surface area contributed by atoms with E-state index in [4.69, 9.17) is 0 Å². The summed E-state index contributed by atoms with van der Waals surface area (Å²) in [6.07, 6.45) is 6.52. The van der Waals surface area contributed by atoms with E-state index in [1.807, 2.05) is 0 Å². The Kier molecular flexibility index (Phi) is 4.82. The molecule has 0 heterocycles. The van der Waals surface area contributed by atoms with Crippen LogP contribution >= 0.6 is 0 Å². The maximum absolute atomic E-state index is 3.69. The Morgan fingerprint density at radius 1 is 1.11 bits per heavy atom. The van der Waals surface area contributed by atoms with E-state index in [1.165, 1.54) is 36.0 Å². The second-order valence-corrected chi connectivity index (χ2v) is 5.46. The van der Waals surface area contributed by atoms with Crippen LogP contribution in [0.1, 0.15) is 62.8 Å². The van der Waals surface area contributed by atoms with Crippen LogP contribution in [0, 0.1) is 5.92 Å². The quantitative estimate of drug-likeness (QED) is 0.789. The Hall–Kier alpha value is -0.820. The van der Waals surface area contributed by atoms with Gasteiger partial charge in [0, 0.05) is 6.04 Å². The van der Waals surface area contributed by atoms with Crippen molar-refractivity contribution in [3.63, 3.8) is 0 Å². The number of rotatable bonds is 6. The van der Waals surface area contributed by atoms with Crippen LogP contribution in [0.15, 0.2) is 18.2 Å². The van der Waals surface area contributed by atoms with Crippen LogP contribution in [0.2, 0.25) is 0 Å². The highest BCUT2D eigenvalue weighted by molar-refractivity contribution is 5.34. The zero-order chi connectivity index (χ0) is 13.0. The van der Waals surface area contributed by atoms with Gasteiger partial charge < -0.3 is 5.32 Å². The zero-order valence-corrected chi connectivity index (χ0v) is 12.1. The van der Waals surface area contributed by atoms with Gasteiger partial charge in [-0.05, 0) is 54.8 Å². The van der Waals surface area contributed by atoms with Gasteiger partial charge in [-0.3, -0.25) is 0 Å². The number of hydrogen-bond donors (Lipinski definition) is 1. The molecule has 0 radical (unpaired) electrons. The molecule has 2 rings (SSSR count). The van der Waals surface area contributed by atoms with Crippen LogP contribution in [0.4, 0.5) is 0 Å². The third-order valence-electron chi connectivity index (χ3n) is 4.40. The average molecular weight is 245 g/mol. The molecule has 1 aromatic carbocycles. The molecule has 1 unspecified atom stereocenters. The lowest BCUT2D eigenvalue weighted by atomic mass is 9.76. The molecule has 1 saturated carbocycles. The molecule has 1 nitrogen and oxygen atoms in total. The number of nitrogens with one attached hydrogen (secondary N) is 1. The molecule has 1 aliphatic rings. The fraction of sp³-hybridized carbons (Fsp3) is 0.647. The van der Waals surface area contributed by atoms with Crippen LogP contribution < -0.4 is 5.32 Å². The summed E-state index contributed by atoms with van der Waals surface area (Å²) >= 11 is 0. The predicted molar refractivity (Wildman–Crippen MR) is 79.0 cm³/mol. The normalized spacial score (nSPS) is 17.5. The molecule has 1 atom stereocenters. The maximum Gasteiger partial charge on any atom is 0.0348 e. The minimum Gasteiger partial charge on any atom is -0.310 e. The lowest BCUT2D eigenvalue weighted by molar-refractivity contribution is 0.233. The van der Waals surface area contributed by atoms with Crippen LogP contribution in [0.25, 0.3) is 0 Å². The molecule has 0 aromatic heterocycles. The van der Waals surface area contributed by atoms with E-state index in [0.29, 0.717) is 6.04 Å². The van der Waals surface area contributed by atoms with Crippen molar-refractivity contribution in [3.8, 4) is 0 Å². The van der Waals surface area contributed by atoms with Crippen LogP contribution in [0.3, 0.4) is 0 Å².